The van der Waals surface area contributed by atoms with Crippen LogP contribution < -0.4 is 4.74 Å². The number of carbonyl (C=O) groups excluding carboxylic acids is 1. The molecule has 0 aliphatic heterocycles. The normalized spacial score (nSPS) is 11.4. The number of ether oxygens (including phenoxy) is 2. The molecule has 0 atom stereocenters. The Balaban J connectivity index is 1.65. The molecule has 0 aliphatic rings. The van der Waals surface area contributed by atoms with Gasteiger partial charge in [0.2, 0.25) is 0 Å². The lowest BCUT2D eigenvalue weighted by Crippen LogP contribution is -2.02. The average molecular weight is 479 g/mol. The smallest absolute Gasteiger partial charge is 0.330 e. The van der Waals surface area contributed by atoms with E-state index in [1.807, 2.05) is 48.5 Å². The second kappa shape index (κ2) is 18.4. The summed E-state index contributed by atoms with van der Waals surface area (Å²) in [5, 5.41) is 8.56. The van der Waals surface area contributed by atoms with Crippen LogP contribution in [-0.2, 0) is 9.53 Å². The third-order valence-electron chi connectivity index (χ3n) is 5.68. The summed E-state index contributed by atoms with van der Waals surface area (Å²) in [6.07, 6.45) is 16.5. The summed E-state index contributed by atoms with van der Waals surface area (Å²) in [6.45, 7) is 5.65. The predicted molar refractivity (Wildman–Crippen MR) is 145 cm³/mol. The van der Waals surface area contributed by atoms with Crippen molar-refractivity contribution >= 4 is 23.4 Å². The van der Waals surface area contributed by atoms with Crippen LogP contribution in [0.15, 0.2) is 64.8 Å². The summed E-state index contributed by atoms with van der Waals surface area (Å²) in [4.78, 5) is 11.9. The fourth-order valence-corrected chi connectivity index (χ4v) is 3.54. The van der Waals surface area contributed by atoms with Crippen LogP contribution in [0.1, 0.15) is 90.0 Å². The number of carbonyl (C=O) groups is 1. The fourth-order valence-electron chi connectivity index (χ4n) is 3.54. The maximum Gasteiger partial charge on any atom is 0.330 e. The van der Waals surface area contributed by atoms with Crippen molar-refractivity contribution in [2.24, 2.45) is 10.2 Å². The van der Waals surface area contributed by atoms with Gasteiger partial charge in [0.15, 0.2) is 0 Å². The first-order valence-corrected chi connectivity index (χ1v) is 13.3. The van der Waals surface area contributed by atoms with Crippen molar-refractivity contribution < 1.29 is 14.3 Å². The first-order chi connectivity index (χ1) is 17.2. The van der Waals surface area contributed by atoms with Crippen LogP contribution in [0.4, 0.5) is 11.4 Å². The van der Waals surface area contributed by atoms with Crippen molar-refractivity contribution in [2.45, 2.75) is 84.5 Å². The number of esters is 1. The molecule has 2 aromatic rings. The van der Waals surface area contributed by atoms with E-state index in [4.69, 9.17) is 9.47 Å². The Morgan fingerprint density at radius 1 is 0.686 bits per heavy atom. The Bertz CT molecular complexity index is 873. The van der Waals surface area contributed by atoms with Gasteiger partial charge in [-0.3, -0.25) is 0 Å². The molecule has 0 unspecified atom stereocenters. The van der Waals surface area contributed by atoms with Crippen LogP contribution in [0.3, 0.4) is 0 Å². The highest BCUT2D eigenvalue weighted by molar-refractivity contribution is 5.87. The van der Waals surface area contributed by atoms with E-state index in [1.54, 1.807) is 6.08 Å². The van der Waals surface area contributed by atoms with E-state index in [1.165, 1.54) is 57.4 Å². The molecule has 0 amide bonds. The highest BCUT2D eigenvalue weighted by Crippen LogP contribution is 2.22. The number of rotatable bonds is 18. The van der Waals surface area contributed by atoms with Gasteiger partial charge in [0.25, 0.3) is 0 Å². The second-order valence-electron chi connectivity index (χ2n) is 8.82. The summed E-state index contributed by atoms with van der Waals surface area (Å²) in [7, 11) is 0. The number of hydrogen-bond donors (Lipinski definition) is 0. The summed E-state index contributed by atoms with van der Waals surface area (Å²) < 4.78 is 11.0. The van der Waals surface area contributed by atoms with Gasteiger partial charge >= 0.3 is 5.97 Å². The molecule has 2 aromatic carbocycles. The molecule has 190 valence electrons. The number of unbranched alkanes of at least 4 members (excludes halogenated alkanes) is 9. The van der Waals surface area contributed by atoms with Crippen LogP contribution in [0.5, 0.6) is 5.75 Å². The Labute approximate surface area is 211 Å². The van der Waals surface area contributed by atoms with E-state index in [2.05, 4.69) is 24.1 Å². The number of hydrogen-bond acceptors (Lipinski definition) is 5. The molecule has 0 radical (unpaired) electrons. The summed E-state index contributed by atoms with van der Waals surface area (Å²) in [5.74, 6) is 0.557. The van der Waals surface area contributed by atoms with E-state index in [9.17, 15) is 4.79 Å². The van der Waals surface area contributed by atoms with Crippen molar-refractivity contribution in [3.63, 3.8) is 0 Å². The second-order valence-corrected chi connectivity index (χ2v) is 8.82. The fraction of sp³-hybridized carbons (Fsp3) is 0.500. The van der Waals surface area contributed by atoms with E-state index >= 15 is 0 Å². The van der Waals surface area contributed by atoms with Crippen molar-refractivity contribution in [3.05, 3.63) is 60.2 Å². The average Bonchev–Trinajstić information content (AvgIpc) is 2.89. The van der Waals surface area contributed by atoms with E-state index in [0.717, 1.165) is 48.6 Å². The summed E-state index contributed by atoms with van der Waals surface area (Å²) in [6, 6.07) is 15.2. The Hall–Kier alpha value is -2.95. The molecule has 0 N–H and O–H groups in total. The molecule has 0 bridgehead atoms. The third kappa shape index (κ3) is 13.5. The Morgan fingerprint density at radius 3 is 1.83 bits per heavy atom. The molecular weight excluding hydrogens is 436 g/mol. The quantitative estimate of drug-likeness (QED) is 0.0927. The number of azo groups is 1. The van der Waals surface area contributed by atoms with Gasteiger partial charge < -0.3 is 9.47 Å². The predicted octanol–water partition coefficient (Wildman–Crippen LogP) is 9.37. The summed E-state index contributed by atoms with van der Waals surface area (Å²) >= 11 is 0. The van der Waals surface area contributed by atoms with Gasteiger partial charge in [-0.25, -0.2) is 4.79 Å². The molecule has 0 aliphatic carbocycles. The van der Waals surface area contributed by atoms with Crippen molar-refractivity contribution in [1.82, 2.24) is 0 Å². The van der Waals surface area contributed by atoms with Crippen LogP contribution in [0.2, 0.25) is 0 Å². The van der Waals surface area contributed by atoms with Gasteiger partial charge in [0.05, 0.1) is 24.6 Å². The van der Waals surface area contributed by atoms with Crippen LogP contribution in [0, 0.1) is 0 Å². The molecule has 2 rings (SSSR count). The molecule has 0 heterocycles. The van der Waals surface area contributed by atoms with E-state index in [-0.39, 0.29) is 5.97 Å². The SMILES string of the molecule is CCCCCCCCCCOC(=O)C=Cc1ccc(N=Nc2ccc(OCCCCC)cc2)cc1. The largest absolute Gasteiger partial charge is 0.494 e. The molecular formula is C30H42N2O3. The zero-order valence-corrected chi connectivity index (χ0v) is 21.6. The van der Waals surface area contributed by atoms with Gasteiger partial charge in [0.1, 0.15) is 5.75 Å². The van der Waals surface area contributed by atoms with Crippen LogP contribution in [0.25, 0.3) is 6.08 Å². The van der Waals surface area contributed by atoms with Crippen molar-refractivity contribution in [3.8, 4) is 5.75 Å². The minimum absolute atomic E-state index is 0.297. The molecule has 0 saturated carbocycles. The van der Waals surface area contributed by atoms with E-state index < -0.39 is 0 Å². The zero-order valence-electron chi connectivity index (χ0n) is 21.6. The highest BCUT2D eigenvalue weighted by Gasteiger charge is 1.99. The lowest BCUT2D eigenvalue weighted by molar-refractivity contribution is -0.137. The molecule has 0 aromatic heterocycles. The summed E-state index contributed by atoms with van der Waals surface area (Å²) in [5.41, 5.74) is 2.44. The molecule has 5 heteroatoms. The van der Waals surface area contributed by atoms with Gasteiger partial charge in [-0.05, 0) is 60.9 Å². The molecule has 5 nitrogen and oxygen atoms in total. The minimum atomic E-state index is -0.297. The Kier molecular flexibility index (Phi) is 14.9. The van der Waals surface area contributed by atoms with Crippen molar-refractivity contribution in [2.75, 3.05) is 13.2 Å². The zero-order chi connectivity index (χ0) is 25.0. The maximum absolute atomic E-state index is 11.9. The van der Waals surface area contributed by atoms with Crippen LogP contribution in [-0.4, -0.2) is 19.2 Å². The van der Waals surface area contributed by atoms with Crippen molar-refractivity contribution in [1.29, 1.82) is 0 Å². The molecule has 0 saturated heterocycles. The minimum Gasteiger partial charge on any atom is -0.494 e. The first-order valence-electron chi connectivity index (χ1n) is 13.3. The van der Waals surface area contributed by atoms with Gasteiger partial charge in [0, 0.05) is 6.08 Å². The standard InChI is InChI=1S/C30H42N2O3/c1-3-5-7-8-9-10-11-13-25-35-30(33)23-16-26-14-17-27(18-15-26)31-32-28-19-21-29(22-20-28)34-24-12-6-4-2/h14-23H,3-13,24-25H2,1-2H3. The highest BCUT2D eigenvalue weighted by atomic mass is 16.5. The van der Waals surface area contributed by atoms with Gasteiger partial charge in [-0.15, -0.1) is 0 Å². The van der Waals surface area contributed by atoms with Gasteiger partial charge in [-0.1, -0.05) is 83.8 Å². The van der Waals surface area contributed by atoms with Crippen LogP contribution >= 0.6 is 0 Å². The lowest BCUT2D eigenvalue weighted by atomic mass is 10.1. The Morgan fingerprint density at radius 2 is 1.20 bits per heavy atom. The topological polar surface area (TPSA) is 60.2 Å². The maximum atomic E-state index is 11.9. The number of nitrogens with zero attached hydrogens (tertiary/aromatic N) is 2. The monoisotopic (exact) mass is 478 g/mol. The van der Waals surface area contributed by atoms with Gasteiger partial charge in [-0.2, -0.15) is 10.2 Å². The number of benzene rings is 2. The molecule has 0 fully saturated rings. The molecule has 0 spiro atoms. The molecule has 35 heavy (non-hydrogen) atoms. The van der Waals surface area contributed by atoms with E-state index in [0.29, 0.717) is 6.61 Å². The lowest BCUT2D eigenvalue weighted by Gasteiger charge is -2.05. The third-order valence-corrected chi connectivity index (χ3v) is 5.68. The first kappa shape index (κ1) is 28.3.